The van der Waals surface area contributed by atoms with Gasteiger partial charge in [-0.15, -0.1) is 0 Å². The SMILES string of the molecule is Cc1ccc(SSC(C)(C)C)cn1. The van der Waals surface area contributed by atoms with Crippen molar-refractivity contribution in [3.05, 3.63) is 24.0 Å². The normalized spacial score (nSPS) is 11.7. The van der Waals surface area contributed by atoms with Crippen molar-refractivity contribution in [3.8, 4) is 0 Å². The molecule has 0 saturated carbocycles. The molecule has 0 amide bonds. The molecule has 0 N–H and O–H groups in total. The summed E-state index contributed by atoms with van der Waals surface area (Å²) in [6.07, 6.45) is 1.93. The van der Waals surface area contributed by atoms with Crippen LogP contribution in [0.5, 0.6) is 0 Å². The molecular formula is C10H15NS2. The first-order valence-electron chi connectivity index (χ1n) is 4.26. The summed E-state index contributed by atoms with van der Waals surface area (Å²) in [5, 5.41) is 0. The van der Waals surface area contributed by atoms with E-state index in [1.807, 2.05) is 30.0 Å². The van der Waals surface area contributed by atoms with Crippen LogP contribution in [0.3, 0.4) is 0 Å². The Hall–Kier alpha value is -0.150. The molecule has 1 rings (SSSR count). The van der Waals surface area contributed by atoms with Crippen molar-refractivity contribution in [1.29, 1.82) is 0 Å². The fraction of sp³-hybridized carbons (Fsp3) is 0.500. The fourth-order valence-corrected chi connectivity index (χ4v) is 2.58. The van der Waals surface area contributed by atoms with Crippen molar-refractivity contribution < 1.29 is 0 Å². The first kappa shape index (κ1) is 10.9. The predicted molar refractivity (Wildman–Crippen MR) is 62.2 cm³/mol. The van der Waals surface area contributed by atoms with Gasteiger partial charge in [-0.05, 0) is 19.1 Å². The minimum Gasteiger partial charge on any atom is -0.260 e. The van der Waals surface area contributed by atoms with Crippen molar-refractivity contribution in [2.75, 3.05) is 0 Å². The van der Waals surface area contributed by atoms with E-state index in [2.05, 4.69) is 31.8 Å². The maximum absolute atomic E-state index is 4.25. The molecule has 72 valence electrons. The first-order valence-corrected chi connectivity index (χ1v) is 6.41. The molecule has 1 nitrogen and oxygen atoms in total. The van der Waals surface area contributed by atoms with Crippen LogP contribution in [0, 0.1) is 6.92 Å². The van der Waals surface area contributed by atoms with Gasteiger partial charge in [0.2, 0.25) is 0 Å². The summed E-state index contributed by atoms with van der Waals surface area (Å²) in [6.45, 7) is 8.65. The Kier molecular flexibility index (Phi) is 3.68. The molecule has 0 aliphatic rings. The molecule has 13 heavy (non-hydrogen) atoms. The molecule has 0 aliphatic heterocycles. The molecule has 0 bridgehead atoms. The van der Waals surface area contributed by atoms with Crippen LogP contribution in [0.25, 0.3) is 0 Å². The van der Waals surface area contributed by atoms with E-state index in [0.717, 1.165) is 5.69 Å². The van der Waals surface area contributed by atoms with Gasteiger partial charge < -0.3 is 0 Å². The highest BCUT2D eigenvalue weighted by atomic mass is 33.1. The lowest BCUT2D eigenvalue weighted by Gasteiger charge is -2.15. The van der Waals surface area contributed by atoms with Crippen molar-refractivity contribution in [2.45, 2.75) is 37.3 Å². The van der Waals surface area contributed by atoms with Crippen molar-refractivity contribution in [2.24, 2.45) is 0 Å². The quantitative estimate of drug-likeness (QED) is 0.691. The van der Waals surface area contributed by atoms with E-state index in [9.17, 15) is 0 Å². The summed E-state index contributed by atoms with van der Waals surface area (Å²) < 4.78 is 0.301. The van der Waals surface area contributed by atoms with Gasteiger partial charge in [0.25, 0.3) is 0 Å². The second-order valence-electron chi connectivity index (χ2n) is 3.91. The highest BCUT2D eigenvalue weighted by Crippen LogP contribution is 2.39. The molecule has 0 aliphatic carbocycles. The van der Waals surface area contributed by atoms with E-state index in [4.69, 9.17) is 0 Å². The van der Waals surface area contributed by atoms with Crippen LogP contribution in [0.4, 0.5) is 0 Å². The van der Waals surface area contributed by atoms with Crippen molar-refractivity contribution >= 4 is 21.6 Å². The number of pyridine rings is 1. The Morgan fingerprint density at radius 2 is 1.92 bits per heavy atom. The van der Waals surface area contributed by atoms with E-state index in [1.165, 1.54) is 4.90 Å². The van der Waals surface area contributed by atoms with Crippen molar-refractivity contribution in [1.82, 2.24) is 4.98 Å². The van der Waals surface area contributed by atoms with Gasteiger partial charge in [0.1, 0.15) is 0 Å². The van der Waals surface area contributed by atoms with Crippen LogP contribution in [-0.2, 0) is 0 Å². The second-order valence-corrected chi connectivity index (χ2v) is 6.94. The Labute approximate surface area is 88.1 Å². The molecule has 0 fully saturated rings. The fourth-order valence-electron chi connectivity index (χ4n) is 0.677. The third kappa shape index (κ3) is 4.58. The van der Waals surface area contributed by atoms with Crippen molar-refractivity contribution in [3.63, 3.8) is 0 Å². The Bertz CT molecular complexity index is 261. The summed E-state index contributed by atoms with van der Waals surface area (Å²) >= 11 is 0. The lowest BCUT2D eigenvalue weighted by molar-refractivity contribution is 0.810. The lowest BCUT2D eigenvalue weighted by Crippen LogP contribution is -2.04. The standard InChI is InChI=1S/C10H15NS2/c1-8-5-6-9(7-11-8)12-13-10(2,3)4/h5-7H,1-4H3. The summed E-state index contributed by atoms with van der Waals surface area (Å²) in [5.74, 6) is 0. The maximum Gasteiger partial charge on any atom is 0.0415 e. The van der Waals surface area contributed by atoms with Gasteiger partial charge in [-0.25, -0.2) is 0 Å². The zero-order valence-corrected chi connectivity index (χ0v) is 10.1. The monoisotopic (exact) mass is 213 g/mol. The predicted octanol–water partition coefficient (Wildman–Crippen LogP) is 3.93. The van der Waals surface area contributed by atoms with Gasteiger partial charge in [-0.2, -0.15) is 0 Å². The zero-order valence-electron chi connectivity index (χ0n) is 8.50. The van der Waals surface area contributed by atoms with Gasteiger partial charge in [-0.3, -0.25) is 4.98 Å². The van der Waals surface area contributed by atoms with E-state index < -0.39 is 0 Å². The van der Waals surface area contributed by atoms with E-state index >= 15 is 0 Å². The smallest absolute Gasteiger partial charge is 0.0415 e. The molecule has 0 saturated heterocycles. The van der Waals surface area contributed by atoms with Gasteiger partial charge in [-0.1, -0.05) is 42.4 Å². The van der Waals surface area contributed by atoms with Crippen LogP contribution in [0.2, 0.25) is 0 Å². The number of hydrogen-bond acceptors (Lipinski definition) is 3. The van der Waals surface area contributed by atoms with Crippen LogP contribution in [-0.4, -0.2) is 9.73 Å². The zero-order chi connectivity index (χ0) is 9.90. The number of aromatic nitrogens is 1. The Balaban J connectivity index is 2.51. The largest absolute Gasteiger partial charge is 0.260 e. The average molecular weight is 213 g/mol. The number of rotatable bonds is 2. The molecule has 1 heterocycles. The summed E-state index contributed by atoms with van der Waals surface area (Å²) in [7, 11) is 3.66. The molecule has 3 heteroatoms. The van der Waals surface area contributed by atoms with Crippen LogP contribution in [0.1, 0.15) is 26.5 Å². The van der Waals surface area contributed by atoms with Gasteiger partial charge in [0.05, 0.1) is 0 Å². The molecule has 0 spiro atoms. The van der Waals surface area contributed by atoms with Gasteiger partial charge in [0.15, 0.2) is 0 Å². The van der Waals surface area contributed by atoms with E-state index in [0.29, 0.717) is 4.75 Å². The number of hydrogen-bond donors (Lipinski definition) is 0. The highest BCUT2D eigenvalue weighted by Gasteiger charge is 2.11. The van der Waals surface area contributed by atoms with Gasteiger partial charge in [0, 0.05) is 21.5 Å². The third-order valence-electron chi connectivity index (χ3n) is 1.27. The topological polar surface area (TPSA) is 12.9 Å². The molecule has 0 aromatic carbocycles. The number of aryl methyl sites for hydroxylation is 1. The first-order chi connectivity index (χ1) is 5.97. The van der Waals surface area contributed by atoms with Crippen LogP contribution >= 0.6 is 21.6 Å². The van der Waals surface area contributed by atoms with Gasteiger partial charge >= 0.3 is 0 Å². The molecule has 1 aromatic heterocycles. The third-order valence-corrected chi connectivity index (χ3v) is 4.62. The van der Waals surface area contributed by atoms with E-state index in [1.54, 1.807) is 10.8 Å². The highest BCUT2D eigenvalue weighted by molar-refractivity contribution is 8.77. The molecule has 1 aromatic rings. The number of nitrogens with zero attached hydrogens (tertiary/aromatic N) is 1. The lowest BCUT2D eigenvalue weighted by atomic mass is 10.3. The molecule has 0 radical (unpaired) electrons. The Morgan fingerprint density at radius 3 is 2.38 bits per heavy atom. The maximum atomic E-state index is 4.25. The summed E-state index contributed by atoms with van der Waals surface area (Å²) in [5.41, 5.74) is 1.07. The van der Waals surface area contributed by atoms with Crippen LogP contribution in [0.15, 0.2) is 23.2 Å². The second kappa shape index (κ2) is 4.38. The molecule has 0 unspecified atom stereocenters. The Morgan fingerprint density at radius 1 is 1.23 bits per heavy atom. The summed E-state index contributed by atoms with van der Waals surface area (Å²) in [6, 6.07) is 4.16. The minimum atomic E-state index is 0.301. The van der Waals surface area contributed by atoms with Crippen LogP contribution < -0.4 is 0 Å². The molecular weight excluding hydrogens is 198 g/mol. The average Bonchev–Trinajstić information content (AvgIpc) is 2.02. The minimum absolute atomic E-state index is 0.301. The van der Waals surface area contributed by atoms with E-state index in [-0.39, 0.29) is 0 Å². The molecule has 0 atom stereocenters. The summed E-state index contributed by atoms with van der Waals surface area (Å²) in [4.78, 5) is 5.47.